The summed E-state index contributed by atoms with van der Waals surface area (Å²) in [4.78, 5) is -0.229. The molecule has 2 aromatic carbocycles. The summed E-state index contributed by atoms with van der Waals surface area (Å²) < 4.78 is 37.7. The zero-order chi connectivity index (χ0) is 18.8. The van der Waals surface area contributed by atoms with Crippen LogP contribution in [-0.2, 0) is 16.5 Å². The van der Waals surface area contributed by atoms with E-state index in [1.807, 2.05) is 24.3 Å². The van der Waals surface area contributed by atoms with Gasteiger partial charge in [-0.3, -0.25) is 4.55 Å². The zero-order valence-corrected chi connectivity index (χ0v) is 16.2. The fraction of sp³-hybridized carbons (Fsp3) is 0.429. The number of benzene rings is 2. The quantitative estimate of drug-likeness (QED) is 0.385. The van der Waals surface area contributed by atoms with Gasteiger partial charge < -0.3 is 4.74 Å². The minimum Gasteiger partial charge on any atom is -0.456 e. The highest BCUT2D eigenvalue weighted by Crippen LogP contribution is 2.28. The second kappa shape index (κ2) is 10.3. The second-order valence-electron chi connectivity index (χ2n) is 6.54. The number of rotatable bonds is 11. The molecule has 2 rings (SSSR count). The van der Waals surface area contributed by atoms with E-state index in [1.165, 1.54) is 62.6 Å². The van der Waals surface area contributed by atoms with Gasteiger partial charge in [0.05, 0.1) is 0 Å². The van der Waals surface area contributed by atoms with Crippen LogP contribution in [0, 0.1) is 0 Å². The molecule has 0 spiro atoms. The number of aryl methyl sites for hydroxylation is 1. The van der Waals surface area contributed by atoms with Crippen LogP contribution in [0.5, 0.6) is 11.5 Å². The van der Waals surface area contributed by atoms with Crippen molar-refractivity contribution in [1.29, 1.82) is 0 Å². The van der Waals surface area contributed by atoms with Gasteiger partial charge in [-0.25, -0.2) is 0 Å². The normalized spacial score (nSPS) is 11.5. The Morgan fingerprint density at radius 2 is 1.46 bits per heavy atom. The molecule has 0 bridgehead atoms. The van der Waals surface area contributed by atoms with Gasteiger partial charge in [-0.15, -0.1) is 0 Å². The standard InChI is InChI=1S/C21H28O4S/c1-2-3-4-5-6-7-8-11-18-14-16-19(17-15-18)25-20-12-9-10-13-21(20)26(22,23)24/h9-10,12-17H,2-8,11H2,1H3,(H,22,23,24). The van der Waals surface area contributed by atoms with Crippen molar-refractivity contribution >= 4 is 10.1 Å². The Morgan fingerprint density at radius 1 is 0.846 bits per heavy atom. The Labute approximate surface area is 157 Å². The molecule has 0 radical (unpaired) electrons. The summed E-state index contributed by atoms with van der Waals surface area (Å²) in [5, 5.41) is 0. The van der Waals surface area contributed by atoms with Crippen molar-refractivity contribution in [1.82, 2.24) is 0 Å². The van der Waals surface area contributed by atoms with Crippen LogP contribution in [-0.4, -0.2) is 13.0 Å². The number of ether oxygens (including phenoxy) is 1. The first-order chi connectivity index (χ1) is 12.5. The first-order valence-corrected chi connectivity index (χ1v) is 10.8. The monoisotopic (exact) mass is 376 g/mol. The third kappa shape index (κ3) is 6.81. The fourth-order valence-electron chi connectivity index (χ4n) is 2.88. The van der Waals surface area contributed by atoms with Crippen LogP contribution >= 0.6 is 0 Å². The summed E-state index contributed by atoms with van der Waals surface area (Å²) in [6.45, 7) is 2.23. The van der Waals surface area contributed by atoms with E-state index >= 15 is 0 Å². The molecule has 4 nitrogen and oxygen atoms in total. The van der Waals surface area contributed by atoms with Crippen molar-refractivity contribution in [3.05, 3.63) is 54.1 Å². The maximum Gasteiger partial charge on any atom is 0.298 e. The molecule has 0 unspecified atom stereocenters. The van der Waals surface area contributed by atoms with Crippen molar-refractivity contribution in [3.8, 4) is 11.5 Å². The van der Waals surface area contributed by atoms with Gasteiger partial charge in [0.15, 0.2) is 0 Å². The average Bonchev–Trinajstić information content (AvgIpc) is 2.62. The fourth-order valence-corrected chi connectivity index (χ4v) is 3.50. The maximum atomic E-state index is 11.4. The van der Waals surface area contributed by atoms with E-state index in [2.05, 4.69) is 6.92 Å². The Hall–Kier alpha value is -1.85. The number of hydrogen-bond acceptors (Lipinski definition) is 3. The molecule has 0 aromatic heterocycles. The lowest BCUT2D eigenvalue weighted by molar-refractivity contribution is 0.450. The molecule has 0 saturated carbocycles. The van der Waals surface area contributed by atoms with E-state index in [0.717, 1.165) is 6.42 Å². The lowest BCUT2D eigenvalue weighted by atomic mass is 10.0. The third-order valence-corrected chi connectivity index (χ3v) is 5.24. The minimum atomic E-state index is -4.31. The second-order valence-corrected chi connectivity index (χ2v) is 7.93. The Balaban J connectivity index is 1.85. The molecule has 5 heteroatoms. The molecule has 2 aromatic rings. The molecule has 0 saturated heterocycles. The summed E-state index contributed by atoms with van der Waals surface area (Å²) >= 11 is 0. The van der Waals surface area contributed by atoms with Crippen LogP contribution in [0.2, 0.25) is 0 Å². The van der Waals surface area contributed by atoms with E-state index < -0.39 is 10.1 Å². The predicted octanol–water partition coefficient (Wildman–Crippen LogP) is 6.02. The molecule has 0 aliphatic carbocycles. The van der Waals surface area contributed by atoms with Crippen LogP contribution in [0.1, 0.15) is 57.4 Å². The van der Waals surface area contributed by atoms with Gasteiger partial charge in [-0.1, -0.05) is 69.7 Å². The minimum absolute atomic E-state index is 0.120. The van der Waals surface area contributed by atoms with Crippen molar-refractivity contribution in [2.75, 3.05) is 0 Å². The topological polar surface area (TPSA) is 63.6 Å². The van der Waals surface area contributed by atoms with E-state index in [0.29, 0.717) is 5.75 Å². The van der Waals surface area contributed by atoms with E-state index in [4.69, 9.17) is 4.74 Å². The summed E-state index contributed by atoms with van der Waals surface area (Å²) in [5.74, 6) is 0.666. The molecule has 0 aliphatic heterocycles. The van der Waals surface area contributed by atoms with Crippen LogP contribution in [0.3, 0.4) is 0 Å². The van der Waals surface area contributed by atoms with Crippen molar-refractivity contribution in [2.45, 2.75) is 63.2 Å². The number of hydrogen-bond donors (Lipinski definition) is 1. The highest BCUT2D eigenvalue weighted by atomic mass is 32.2. The van der Waals surface area contributed by atoms with Crippen LogP contribution in [0.25, 0.3) is 0 Å². The summed E-state index contributed by atoms with van der Waals surface area (Å²) in [6, 6.07) is 13.7. The Bertz CT molecular complexity index is 767. The molecular weight excluding hydrogens is 348 g/mol. The molecule has 0 aliphatic rings. The van der Waals surface area contributed by atoms with Gasteiger partial charge in [-0.05, 0) is 42.7 Å². The van der Waals surface area contributed by atoms with Crippen LogP contribution in [0.15, 0.2) is 53.4 Å². The van der Waals surface area contributed by atoms with Gasteiger partial charge in [-0.2, -0.15) is 8.42 Å². The molecule has 0 amide bonds. The largest absolute Gasteiger partial charge is 0.456 e. The molecule has 0 heterocycles. The van der Waals surface area contributed by atoms with Gasteiger partial charge >= 0.3 is 0 Å². The summed E-state index contributed by atoms with van der Waals surface area (Å²) in [5.41, 5.74) is 1.24. The maximum absolute atomic E-state index is 11.4. The van der Waals surface area contributed by atoms with E-state index in [-0.39, 0.29) is 10.6 Å². The number of para-hydroxylation sites is 1. The third-order valence-electron chi connectivity index (χ3n) is 4.35. The van der Waals surface area contributed by atoms with Crippen molar-refractivity contribution in [3.63, 3.8) is 0 Å². The molecule has 0 fully saturated rings. The first kappa shape index (κ1) is 20.5. The van der Waals surface area contributed by atoms with Gasteiger partial charge in [0, 0.05) is 0 Å². The van der Waals surface area contributed by atoms with Crippen LogP contribution < -0.4 is 4.74 Å². The number of unbranched alkanes of at least 4 members (excludes halogenated alkanes) is 6. The molecule has 26 heavy (non-hydrogen) atoms. The first-order valence-electron chi connectivity index (χ1n) is 9.34. The van der Waals surface area contributed by atoms with Gasteiger partial charge in [0.25, 0.3) is 10.1 Å². The molecule has 142 valence electrons. The van der Waals surface area contributed by atoms with E-state index in [1.54, 1.807) is 12.1 Å². The van der Waals surface area contributed by atoms with Gasteiger partial charge in [0.2, 0.25) is 0 Å². The van der Waals surface area contributed by atoms with Gasteiger partial charge in [0.1, 0.15) is 16.4 Å². The van der Waals surface area contributed by atoms with Crippen LogP contribution in [0.4, 0.5) is 0 Å². The van der Waals surface area contributed by atoms with Crippen molar-refractivity contribution in [2.24, 2.45) is 0 Å². The lowest BCUT2D eigenvalue weighted by Crippen LogP contribution is -2.00. The van der Waals surface area contributed by atoms with E-state index in [9.17, 15) is 13.0 Å². The summed E-state index contributed by atoms with van der Waals surface area (Å²) in [6.07, 6.45) is 10.1. The highest BCUT2D eigenvalue weighted by Gasteiger charge is 2.16. The predicted molar refractivity (Wildman–Crippen MR) is 104 cm³/mol. The lowest BCUT2D eigenvalue weighted by Gasteiger charge is -2.10. The molecule has 0 atom stereocenters. The Kier molecular flexibility index (Phi) is 8.13. The van der Waals surface area contributed by atoms with Crippen molar-refractivity contribution < 1.29 is 17.7 Å². The Morgan fingerprint density at radius 3 is 2.12 bits per heavy atom. The average molecular weight is 377 g/mol. The molecular formula is C21H28O4S. The molecule has 1 N–H and O–H groups in total. The highest BCUT2D eigenvalue weighted by molar-refractivity contribution is 7.86. The SMILES string of the molecule is CCCCCCCCCc1ccc(Oc2ccccc2S(=O)(=O)O)cc1. The summed E-state index contributed by atoms with van der Waals surface area (Å²) in [7, 11) is -4.31. The zero-order valence-electron chi connectivity index (χ0n) is 15.4. The smallest absolute Gasteiger partial charge is 0.298 e.